The first-order valence-electron chi connectivity index (χ1n) is 5.90. The van der Waals surface area contributed by atoms with Crippen molar-refractivity contribution in [1.29, 1.82) is 0 Å². The molecule has 2 rings (SSSR count). The van der Waals surface area contributed by atoms with Crippen molar-refractivity contribution < 1.29 is 0 Å². The molecule has 90 valence electrons. The van der Waals surface area contributed by atoms with Gasteiger partial charge in [0.25, 0.3) is 0 Å². The molecular weight excluding hydrogens is 240 g/mol. The summed E-state index contributed by atoms with van der Waals surface area (Å²) < 4.78 is 0.897. The van der Waals surface area contributed by atoms with E-state index in [1.165, 1.54) is 30.8 Å². The van der Waals surface area contributed by atoms with Gasteiger partial charge in [-0.25, -0.2) is 0 Å². The second-order valence-corrected chi connectivity index (χ2v) is 6.29. The summed E-state index contributed by atoms with van der Waals surface area (Å²) in [7, 11) is 2.20. The first-order valence-corrected chi connectivity index (χ1v) is 7.09. The number of hydrogen-bond donors (Lipinski definition) is 1. The first-order chi connectivity index (χ1) is 7.74. The Morgan fingerprint density at radius 2 is 2.19 bits per heavy atom. The normalized spacial score (nSPS) is 19.1. The number of hydrogen-bond acceptors (Lipinski definition) is 3. The summed E-state index contributed by atoms with van der Waals surface area (Å²) in [5.41, 5.74) is 0. The lowest BCUT2D eigenvalue weighted by Gasteiger charge is -2.29. The van der Waals surface area contributed by atoms with Crippen molar-refractivity contribution in [2.24, 2.45) is 0 Å². The second kappa shape index (κ2) is 6.01. The molecule has 1 aromatic rings. The van der Waals surface area contributed by atoms with Crippen LogP contribution in [0.3, 0.4) is 0 Å². The SMILES string of the molecule is CN1CCC(NCCc2ccc(Cl)s2)CC1. The Labute approximate surface area is 107 Å². The van der Waals surface area contributed by atoms with Crippen LogP contribution >= 0.6 is 22.9 Å². The van der Waals surface area contributed by atoms with E-state index in [0.29, 0.717) is 6.04 Å². The summed E-state index contributed by atoms with van der Waals surface area (Å²) in [6.07, 6.45) is 3.66. The number of nitrogens with zero attached hydrogens (tertiary/aromatic N) is 1. The average Bonchev–Trinajstić information content (AvgIpc) is 2.67. The van der Waals surface area contributed by atoms with Gasteiger partial charge in [0.2, 0.25) is 0 Å². The number of rotatable bonds is 4. The summed E-state index contributed by atoms with van der Waals surface area (Å²) >= 11 is 7.59. The number of thiophene rings is 1. The molecule has 0 radical (unpaired) electrons. The van der Waals surface area contributed by atoms with Crippen LogP contribution in [0.15, 0.2) is 12.1 Å². The summed E-state index contributed by atoms with van der Waals surface area (Å²) in [4.78, 5) is 3.78. The molecule has 0 unspecified atom stereocenters. The maximum atomic E-state index is 5.90. The molecule has 1 aliphatic heterocycles. The van der Waals surface area contributed by atoms with Gasteiger partial charge < -0.3 is 10.2 Å². The van der Waals surface area contributed by atoms with Crippen LogP contribution < -0.4 is 5.32 Å². The van der Waals surface area contributed by atoms with E-state index >= 15 is 0 Å². The van der Waals surface area contributed by atoms with Gasteiger partial charge in [0.05, 0.1) is 4.34 Å². The molecule has 0 bridgehead atoms. The van der Waals surface area contributed by atoms with Crippen LogP contribution in [-0.2, 0) is 6.42 Å². The topological polar surface area (TPSA) is 15.3 Å². The molecule has 0 aliphatic carbocycles. The van der Waals surface area contributed by atoms with Gasteiger partial charge in [0, 0.05) is 17.5 Å². The van der Waals surface area contributed by atoms with Crippen molar-refractivity contribution in [3.05, 3.63) is 21.3 Å². The maximum absolute atomic E-state index is 5.90. The molecule has 1 aliphatic rings. The van der Waals surface area contributed by atoms with Gasteiger partial charge in [-0.3, -0.25) is 0 Å². The van der Waals surface area contributed by atoms with Crippen LogP contribution in [0.2, 0.25) is 4.34 Å². The highest BCUT2D eigenvalue weighted by molar-refractivity contribution is 7.16. The quantitative estimate of drug-likeness (QED) is 0.893. The van der Waals surface area contributed by atoms with E-state index in [9.17, 15) is 0 Å². The van der Waals surface area contributed by atoms with Crippen LogP contribution in [0.4, 0.5) is 0 Å². The molecule has 0 aromatic carbocycles. The predicted molar refractivity (Wildman–Crippen MR) is 71.6 cm³/mol. The van der Waals surface area contributed by atoms with Gasteiger partial charge in [-0.2, -0.15) is 0 Å². The largest absolute Gasteiger partial charge is 0.314 e. The molecule has 0 amide bonds. The Bertz CT molecular complexity index is 319. The Hall–Kier alpha value is -0.0900. The fourth-order valence-corrected chi connectivity index (χ4v) is 3.19. The molecule has 0 saturated carbocycles. The smallest absolute Gasteiger partial charge is 0.0931 e. The number of nitrogens with one attached hydrogen (secondary N) is 1. The highest BCUT2D eigenvalue weighted by atomic mass is 35.5. The standard InChI is InChI=1S/C12H19ClN2S/c1-15-8-5-10(6-9-15)14-7-4-11-2-3-12(13)16-11/h2-3,10,14H,4-9H2,1H3. The molecular formula is C12H19ClN2S. The van der Waals surface area contributed by atoms with Gasteiger partial charge in [-0.15, -0.1) is 11.3 Å². The number of likely N-dealkylation sites (tertiary alicyclic amines) is 1. The minimum absolute atomic E-state index is 0.714. The van der Waals surface area contributed by atoms with E-state index in [1.54, 1.807) is 11.3 Å². The monoisotopic (exact) mass is 258 g/mol. The van der Waals surface area contributed by atoms with Crippen LogP contribution in [0.25, 0.3) is 0 Å². The highest BCUT2D eigenvalue weighted by Gasteiger charge is 2.15. The molecule has 1 fully saturated rings. The Morgan fingerprint density at radius 3 is 2.81 bits per heavy atom. The molecule has 1 aromatic heterocycles. The Kier molecular flexibility index (Phi) is 4.65. The summed E-state index contributed by atoms with van der Waals surface area (Å²) in [5.74, 6) is 0. The van der Waals surface area contributed by atoms with Crippen LogP contribution in [0.5, 0.6) is 0 Å². The van der Waals surface area contributed by atoms with Gasteiger partial charge in [0.1, 0.15) is 0 Å². The zero-order chi connectivity index (χ0) is 11.4. The molecule has 2 heterocycles. The lowest BCUT2D eigenvalue weighted by Crippen LogP contribution is -2.41. The van der Waals surface area contributed by atoms with Crippen molar-refractivity contribution in [1.82, 2.24) is 10.2 Å². The number of piperidine rings is 1. The van der Waals surface area contributed by atoms with Crippen molar-refractivity contribution in [3.8, 4) is 0 Å². The minimum atomic E-state index is 0.714. The summed E-state index contributed by atoms with van der Waals surface area (Å²) in [6, 6.07) is 4.83. The fraction of sp³-hybridized carbons (Fsp3) is 0.667. The third-order valence-corrected chi connectivity index (χ3v) is 4.44. The lowest BCUT2D eigenvalue weighted by molar-refractivity contribution is 0.235. The summed E-state index contributed by atoms with van der Waals surface area (Å²) in [5, 5.41) is 3.64. The molecule has 4 heteroatoms. The van der Waals surface area contributed by atoms with E-state index in [1.807, 2.05) is 6.07 Å². The van der Waals surface area contributed by atoms with Gasteiger partial charge >= 0.3 is 0 Å². The van der Waals surface area contributed by atoms with Crippen molar-refractivity contribution in [2.75, 3.05) is 26.7 Å². The van der Waals surface area contributed by atoms with Crippen molar-refractivity contribution in [2.45, 2.75) is 25.3 Å². The molecule has 0 atom stereocenters. The zero-order valence-corrected chi connectivity index (χ0v) is 11.3. The number of halogens is 1. The zero-order valence-electron chi connectivity index (χ0n) is 9.71. The summed E-state index contributed by atoms with van der Waals surface area (Å²) in [6.45, 7) is 3.52. The molecule has 2 nitrogen and oxygen atoms in total. The molecule has 16 heavy (non-hydrogen) atoms. The van der Waals surface area contributed by atoms with Crippen LogP contribution in [0, 0.1) is 0 Å². The molecule has 1 saturated heterocycles. The minimum Gasteiger partial charge on any atom is -0.314 e. The Balaban J connectivity index is 1.64. The van der Waals surface area contributed by atoms with Crippen LogP contribution in [-0.4, -0.2) is 37.6 Å². The maximum Gasteiger partial charge on any atom is 0.0931 e. The van der Waals surface area contributed by atoms with E-state index in [2.05, 4.69) is 23.3 Å². The van der Waals surface area contributed by atoms with E-state index in [4.69, 9.17) is 11.6 Å². The fourth-order valence-electron chi connectivity index (χ4n) is 2.10. The highest BCUT2D eigenvalue weighted by Crippen LogP contribution is 2.21. The predicted octanol–water partition coefficient (Wildman–Crippen LogP) is 2.63. The van der Waals surface area contributed by atoms with Gasteiger partial charge in [0.15, 0.2) is 0 Å². The average molecular weight is 259 g/mol. The molecule has 0 spiro atoms. The third kappa shape index (κ3) is 3.74. The van der Waals surface area contributed by atoms with E-state index in [-0.39, 0.29) is 0 Å². The second-order valence-electron chi connectivity index (χ2n) is 4.49. The van der Waals surface area contributed by atoms with Crippen LogP contribution in [0.1, 0.15) is 17.7 Å². The van der Waals surface area contributed by atoms with Crippen molar-refractivity contribution >= 4 is 22.9 Å². The lowest BCUT2D eigenvalue weighted by atomic mass is 10.1. The van der Waals surface area contributed by atoms with Gasteiger partial charge in [-0.05, 0) is 51.5 Å². The molecule has 1 N–H and O–H groups in total. The Morgan fingerprint density at radius 1 is 1.44 bits per heavy atom. The van der Waals surface area contributed by atoms with E-state index < -0.39 is 0 Å². The van der Waals surface area contributed by atoms with E-state index in [0.717, 1.165) is 17.3 Å². The van der Waals surface area contributed by atoms with Crippen molar-refractivity contribution in [3.63, 3.8) is 0 Å². The first kappa shape index (κ1) is 12.4. The third-order valence-electron chi connectivity index (χ3n) is 3.15. The van der Waals surface area contributed by atoms with Gasteiger partial charge in [-0.1, -0.05) is 11.6 Å².